The lowest BCUT2D eigenvalue weighted by atomic mass is 10.2. The molecule has 1 amide bonds. The number of primary sulfonamides is 1. The summed E-state index contributed by atoms with van der Waals surface area (Å²) >= 11 is 0. The summed E-state index contributed by atoms with van der Waals surface area (Å²) in [4.78, 5) is 12.3. The van der Waals surface area contributed by atoms with Crippen LogP contribution in [0.2, 0.25) is 0 Å². The average Bonchev–Trinajstić information content (AvgIpc) is 3.18. The highest BCUT2D eigenvalue weighted by Gasteiger charge is 2.47. The average molecular weight is 297 g/mol. The molecule has 0 radical (unpaired) electrons. The summed E-state index contributed by atoms with van der Waals surface area (Å²) in [6.45, 7) is 4.18. The lowest BCUT2D eigenvalue weighted by Gasteiger charge is -2.09. The maximum atomic E-state index is 12.3. The molecule has 1 heterocycles. The van der Waals surface area contributed by atoms with Gasteiger partial charge in [0.2, 0.25) is 10.0 Å². The second kappa shape index (κ2) is 4.08. The number of amides is 1. The lowest BCUT2D eigenvalue weighted by Crippen LogP contribution is -2.30. The number of carbonyl (C=O) groups excluding carboxylic acids is 1. The monoisotopic (exact) mass is 297 g/mol. The topological polar surface area (TPSA) is 94.2 Å². The van der Waals surface area contributed by atoms with Crippen molar-refractivity contribution in [3.63, 3.8) is 0 Å². The number of aromatic nitrogens is 1. The molecular weight excluding hydrogens is 278 g/mol. The Balaban J connectivity index is 1.88. The van der Waals surface area contributed by atoms with Gasteiger partial charge in [-0.1, -0.05) is 13.8 Å². The van der Waals surface area contributed by atoms with Gasteiger partial charge < -0.3 is 9.88 Å². The molecule has 0 aliphatic heterocycles. The molecule has 0 aromatic carbocycles. The molecule has 7 heteroatoms. The van der Waals surface area contributed by atoms with Gasteiger partial charge in [-0.15, -0.1) is 0 Å². The predicted molar refractivity (Wildman–Crippen MR) is 73.7 cm³/mol. The van der Waals surface area contributed by atoms with Crippen molar-refractivity contribution < 1.29 is 13.2 Å². The molecule has 1 aromatic rings. The van der Waals surface area contributed by atoms with Crippen LogP contribution in [0.25, 0.3) is 0 Å². The van der Waals surface area contributed by atoms with Crippen LogP contribution in [0.5, 0.6) is 0 Å². The fraction of sp³-hybridized carbons (Fsp3) is 0.615. The van der Waals surface area contributed by atoms with E-state index in [1.165, 1.54) is 12.3 Å². The van der Waals surface area contributed by atoms with E-state index in [1.54, 1.807) is 4.57 Å². The van der Waals surface area contributed by atoms with E-state index < -0.39 is 10.0 Å². The van der Waals surface area contributed by atoms with E-state index in [2.05, 4.69) is 19.2 Å². The van der Waals surface area contributed by atoms with E-state index in [1.807, 2.05) is 0 Å². The van der Waals surface area contributed by atoms with Crippen molar-refractivity contribution in [2.45, 2.75) is 50.1 Å². The van der Waals surface area contributed by atoms with Gasteiger partial charge in [-0.05, 0) is 30.7 Å². The third kappa shape index (κ3) is 2.47. The largest absolute Gasteiger partial charge is 0.347 e. The van der Waals surface area contributed by atoms with E-state index in [4.69, 9.17) is 5.14 Å². The van der Waals surface area contributed by atoms with Crippen LogP contribution in [0.3, 0.4) is 0 Å². The van der Waals surface area contributed by atoms with Gasteiger partial charge in [-0.3, -0.25) is 4.79 Å². The molecule has 2 saturated carbocycles. The van der Waals surface area contributed by atoms with E-state index in [0.29, 0.717) is 5.69 Å². The summed E-state index contributed by atoms with van der Waals surface area (Å²) in [6, 6.07) is 1.76. The quantitative estimate of drug-likeness (QED) is 0.868. The number of nitrogens with zero attached hydrogens (tertiary/aromatic N) is 1. The Labute approximate surface area is 118 Å². The number of hydrogen-bond donors (Lipinski definition) is 2. The van der Waals surface area contributed by atoms with E-state index >= 15 is 0 Å². The Kier molecular flexibility index (Phi) is 2.78. The molecule has 0 spiro atoms. The minimum Gasteiger partial charge on any atom is -0.347 e. The molecule has 2 aliphatic carbocycles. The zero-order chi connectivity index (χ0) is 14.7. The maximum absolute atomic E-state index is 12.3. The highest BCUT2D eigenvalue weighted by Crippen LogP contribution is 2.45. The van der Waals surface area contributed by atoms with Crippen molar-refractivity contribution in [1.29, 1.82) is 0 Å². The van der Waals surface area contributed by atoms with Gasteiger partial charge in [0.25, 0.3) is 5.91 Å². The highest BCUT2D eigenvalue weighted by atomic mass is 32.2. The minimum atomic E-state index is -3.78. The summed E-state index contributed by atoms with van der Waals surface area (Å²) in [7, 11) is -3.78. The second-order valence-corrected chi connectivity index (χ2v) is 8.02. The Bertz CT molecular complexity index is 671. The van der Waals surface area contributed by atoms with Crippen LogP contribution in [-0.2, 0) is 10.0 Å². The molecule has 1 atom stereocenters. The first-order chi connectivity index (χ1) is 9.18. The van der Waals surface area contributed by atoms with Crippen molar-refractivity contribution in [3.8, 4) is 0 Å². The first kappa shape index (κ1) is 13.6. The predicted octanol–water partition coefficient (Wildman–Crippen LogP) is 0.999. The van der Waals surface area contributed by atoms with Gasteiger partial charge in [0, 0.05) is 18.3 Å². The van der Waals surface area contributed by atoms with Crippen molar-refractivity contribution in [3.05, 3.63) is 18.0 Å². The molecule has 6 nitrogen and oxygen atoms in total. The van der Waals surface area contributed by atoms with Crippen LogP contribution in [0.15, 0.2) is 17.2 Å². The molecular formula is C13H19N3O3S. The van der Waals surface area contributed by atoms with Crippen molar-refractivity contribution >= 4 is 15.9 Å². The molecule has 110 valence electrons. The van der Waals surface area contributed by atoms with Crippen LogP contribution in [0.4, 0.5) is 0 Å². The molecule has 20 heavy (non-hydrogen) atoms. The Morgan fingerprint density at radius 1 is 1.45 bits per heavy atom. The number of carbonyl (C=O) groups is 1. The van der Waals surface area contributed by atoms with Gasteiger partial charge in [0.05, 0.1) is 0 Å². The summed E-state index contributed by atoms with van der Waals surface area (Å²) in [6.07, 6.45) is 4.35. The molecule has 0 saturated heterocycles. The third-order valence-corrected chi connectivity index (χ3v) is 5.02. The van der Waals surface area contributed by atoms with Crippen LogP contribution < -0.4 is 10.5 Å². The SMILES string of the molecule is CC1(C)CC1NC(=O)c1cc(S(N)(=O)=O)cn1C1CC1. The highest BCUT2D eigenvalue weighted by molar-refractivity contribution is 7.89. The van der Waals surface area contributed by atoms with Crippen molar-refractivity contribution in [2.24, 2.45) is 10.6 Å². The summed E-state index contributed by atoms with van der Waals surface area (Å²) in [5.74, 6) is -0.220. The molecule has 2 fully saturated rings. The number of sulfonamides is 1. The fourth-order valence-electron chi connectivity index (χ4n) is 2.39. The first-order valence-electron chi connectivity index (χ1n) is 6.74. The van der Waals surface area contributed by atoms with Crippen LogP contribution in [0, 0.1) is 5.41 Å². The van der Waals surface area contributed by atoms with E-state index in [0.717, 1.165) is 19.3 Å². The van der Waals surface area contributed by atoms with Crippen LogP contribution >= 0.6 is 0 Å². The Hall–Kier alpha value is -1.34. The molecule has 1 aromatic heterocycles. The van der Waals surface area contributed by atoms with Crippen molar-refractivity contribution in [1.82, 2.24) is 9.88 Å². The maximum Gasteiger partial charge on any atom is 0.268 e. The Morgan fingerprint density at radius 3 is 2.50 bits per heavy atom. The smallest absolute Gasteiger partial charge is 0.268 e. The van der Waals surface area contributed by atoms with E-state index in [9.17, 15) is 13.2 Å². The number of hydrogen-bond acceptors (Lipinski definition) is 3. The number of nitrogens with two attached hydrogens (primary N) is 1. The summed E-state index contributed by atoms with van der Waals surface area (Å²) in [5.41, 5.74) is 0.523. The molecule has 1 unspecified atom stereocenters. The number of rotatable bonds is 4. The molecule has 3 rings (SSSR count). The lowest BCUT2D eigenvalue weighted by molar-refractivity contribution is 0.0937. The van der Waals surface area contributed by atoms with Crippen LogP contribution in [-0.4, -0.2) is 24.9 Å². The van der Waals surface area contributed by atoms with Crippen molar-refractivity contribution in [2.75, 3.05) is 0 Å². The first-order valence-corrected chi connectivity index (χ1v) is 8.29. The fourth-order valence-corrected chi connectivity index (χ4v) is 2.93. The third-order valence-electron chi connectivity index (χ3n) is 4.14. The summed E-state index contributed by atoms with van der Waals surface area (Å²) in [5, 5.41) is 8.10. The zero-order valence-corrected chi connectivity index (χ0v) is 12.4. The zero-order valence-electron chi connectivity index (χ0n) is 11.6. The van der Waals surface area contributed by atoms with E-state index in [-0.39, 0.29) is 28.3 Å². The second-order valence-electron chi connectivity index (χ2n) is 6.46. The molecule has 2 aliphatic rings. The van der Waals surface area contributed by atoms with Crippen LogP contribution in [0.1, 0.15) is 49.6 Å². The summed E-state index contributed by atoms with van der Waals surface area (Å²) < 4.78 is 24.6. The van der Waals surface area contributed by atoms with Gasteiger partial charge in [-0.25, -0.2) is 13.6 Å². The normalized spacial score (nSPS) is 24.4. The molecule has 3 N–H and O–H groups in total. The van der Waals surface area contributed by atoms with Gasteiger partial charge >= 0.3 is 0 Å². The molecule has 0 bridgehead atoms. The van der Waals surface area contributed by atoms with Gasteiger partial charge in [0.15, 0.2) is 0 Å². The Morgan fingerprint density at radius 2 is 2.05 bits per heavy atom. The van der Waals surface area contributed by atoms with Gasteiger partial charge in [0.1, 0.15) is 10.6 Å². The van der Waals surface area contributed by atoms with Gasteiger partial charge in [-0.2, -0.15) is 0 Å². The number of nitrogens with one attached hydrogen (secondary N) is 1. The standard InChI is InChI=1S/C13H19N3O3S/c1-13(2)6-11(13)15-12(17)10-5-9(20(14,18)19)7-16(10)8-3-4-8/h5,7-8,11H,3-4,6H2,1-2H3,(H,15,17)(H2,14,18,19). The minimum absolute atomic E-state index is 0.00427.